The number of nitrogens with zero attached hydrogens (tertiary/aromatic N) is 4. The van der Waals surface area contributed by atoms with Crippen molar-refractivity contribution in [3.63, 3.8) is 0 Å². The van der Waals surface area contributed by atoms with Crippen molar-refractivity contribution in [2.24, 2.45) is 17.0 Å². The highest BCUT2D eigenvalue weighted by atomic mass is 19.4. The zero-order chi connectivity index (χ0) is 24.7. The molecule has 1 unspecified atom stereocenters. The Bertz CT molecular complexity index is 1250. The number of carbonyl (C=O) groups excluding carboxylic acids is 1. The summed E-state index contributed by atoms with van der Waals surface area (Å²) in [6, 6.07) is 5.42. The van der Waals surface area contributed by atoms with Crippen LogP contribution in [0.4, 0.5) is 13.2 Å². The van der Waals surface area contributed by atoms with Gasteiger partial charge in [0.25, 0.3) is 5.91 Å². The summed E-state index contributed by atoms with van der Waals surface area (Å²) in [5.41, 5.74) is 4.24. The topological polar surface area (TPSA) is 76.9 Å². The summed E-state index contributed by atoms with van der Waals surface area (Å²) >= 11 is 0. The maximum Gasteiger partial charge on any atom is 0.417 e. The number of rotatable bonds is 5. The van der Waals surface area contributed by atoms with Gasteiger partial charge in [-0.3, -0.25) is 4.79 Å². The van der Waals surface area contributed by atoms with Gasteiger partial charge in [-0.05, 0) is 56.7 Å². The molecule has 2 aromatic heterocycles. The Morgan fingerprint density at radius 1 is 1.20 bits per heavy atom. The van der Waals surface area contributed by atoms with Gasteiger partial charge in [-0.15, -0.1) is 0 Å². The molecule has 3 atom stereocenters. The molecule has 4 heterocycles. The lowest BCUT2D eigenvalue weighted by Gasteiger charge is -2.35. The Balaban J connectivity index is 1.37. The normalized spacial score (nSPS) is 23.1. The number of carbonyl (C=O) groups is 1. The second kappa shape index (κ2) is 8.85. The summed E-state index contributed by atoms with van der Waals surface area (Å²) in [7, 11) is 0. The van der Waals surface area contributed by atoms with E-state index in [4.69, 9.17) is 9.57 Å². The van der Waals surface area contributed by atoms with Gasteiger partial charge in [-0.2, -0.15) is 13.2 Å². The predicted octanol–water partition coefficient (Wildman–Crippen LogP) is 4.64. The fraction of sp³-hybridized carbons (Fsp3) is 0.400. The molecule has 1 saturated heterocycles. The van der Waals surface area contributed by atoms with Crippen LogP contribution in [0.5, 0.6) is 5.88 Å². The Hall–Kier alpha value is -3.65. The van der Waals surface area contributed by atoms with Gasteiger partial charge < -0.3 is 14.5 Å². The summed E-state index contributed by atoms with van der Waals surface area (Å²) in [5.74, 6) is 1.09. The summed E-state index contributed by atoms with van der Waals surface area (Å²) in [6.45, 7) is 4.27. The molecule has 3 aliphatic rings. The molecule has 5 rings (SSSR count). The third kappa shape index (κ3) is 4.93. The number of alkyl halides is 3. The van der Waals surface area contributed by atoms with Crippen LogP contribution in [-0.2, 0) is 11.0 Å². The zero-order valence-corrected chi connectivity index (χ0v) is 19.2. The van der Waals surface area contributed by atoms with Crippen LogP contribution in [0.25, 0.3) is 5.76 Å². The Morgan fingerprint density at radius 2 is 2.03 bits per heavy atom. The molecule has 0 aromatic carbocycles. The molecule has 7 nitrogen and oxygen atoms in total. The molecule has 2 aliphatic heterocycles. The number of likely N-dealkylation sites (tertiary alicyclic amines) is 1. The van der Waals surface area contributed by atoms with Crippen LogP contribution in [0.3, 0.4) is 0 Å². The van der Waals surface area contributed by atoms with E-state index in [0.717, 1.165) is 25.1 Å². The van der Waals surface area contributed by atoms with Crippen molar-refractivity contribution < 1.29 is 27.5 Å². The minimum Gasteiger partial charge on any atom is -0.475 e. The predicted molar refractivity (Wildman–Crippen MR) is 120 cm³/mol. The van der Waals surface area contributed by atoms with Crippen LogP contribution in [0, 0.1) is 18.8 Å². The van der Waals surface area contributed by atoms with Gasteiger partial charge in [0.1, 0.15) is 12.3 Å². The summed E-state index contributed by atoms with van der Waals surface area (Å²) < 4.78 is 44.1. The lowest BCUT2D eigenvalue weighted by Crippen LogP contribution is -2.48. The van der Waals surface area contributed by atoms with Crippen LogP contribution in [-0.4, -0.2) is 45.7 Å². The SMILES string of the molecule is CC1=NOC(c2ccc(C)nc2C(=O)N2C[C@@H]3C[C@@H]3CC2COc2ccc(C(F)(F)F)cn2)=C=C1. The van der Waals surface area contributed by atoms with Gasteiger partial charge in [-0.25, -0.2) is 9.97 Å². The Kier molecular flexibility index (Phi) is 5.84. The molecule has 35 heavy (non-hydrogen) atoms. The number of aryl methyl sites for hydroxylation is 1. The van der Waals surface area contributed by atoms with E-state index < -0.39 is 11.7 Å². The number of piperidine rings is 1. The highest BCUT2D eigenvalue weighted by Crippen LogP contribution is 2.47. The lowest BCUT2D eigenvalue weighted by molar-refractivity contribution is -0.137. The van der Waals surface area contributed by atoms with Crippen molar-refractivity contribution in [3.05, 3.63) is 64.8 Å². The number of hydrogen-bond donors (Lipinski definition) is 0. The minimum absolute atomic E-state index is 0.0804. The van der Waals surface area contributed by atoms with Crippen molar-refractivity contribution >= 4 is 17.4 Å². The van der Waals surface area contributed by atoms with Gasteiger partial charge in [0, 0.05) is 30.6 Å². The van der Waals surface area contributed by atoms with E-state index >= 15 is 0 Å². The lowest BCUT2D eigenvalue weighted by atomic mass is 10.0. The van der Waals surface area contributed by atoms with Crippen LogP contribution in [0.1, 0.15) is 47.1 Å². The van der Waals surface area contributed by atoms with E-state index in [0.29, 0.717) is 41.1 Å². The highest BCUT2D eigenvalue weighted by Gasteiger charge is 2.48. The molecule has 1 aliphatic carbocycles. The number of aromatic nitrogens is 2. The number of allylic oxidation sites excluding steroid dienone is 1. The van der Waals surface area contributed by atoms with Crippen molar-refractivity contribution in [2.75, 3.05) is 13.2 Å². The number of ether oxygens (including phenoxy) is 1. The fourth-order valence-corrected chi connectivity index (χ4v) is 4.43. The van der Waals surface area contributed by atoms with Gasteiger partial charge in [0.2, 0.25) is 11.6 Å². The Morgan fingerprint density at radius 3 is 2.71 bits per heavy atom. The fourth-order valence-electron chi connectivity index (χ4n) is 4.43. The molecule has 182 valence electrons. The first-order chi connectivity index (χ1) is 16.7. The maximum atomic E-state index is 13.7. The van der Waals surface area contributed by atoms with Crippen molar-refractivity contribution in [1.82, 2.24) is 14.9 Å². The van der Waals surface area contributed by atoms with Crippen molar-refractivity contribution in [3.8, 4) is 5.88 Å². The molecule has 0 N–H and O–H groups in total. The first kappa shape index (κ1) is 23.1. The van der Waals surface area contributed by atoms with E-state index in [1.165, 1.54) is 6.07 Å². The molecule has 0 spiro atoms. The number of pyridine rings is 2. The summed E-state index contributed by atoms with van der Waals surface area (Å²) in [5, 5.41) is 3.95. The van der Waals surface area contributed by atoms with Crippen LogP contribution in [0.2, 0.25) is 0 Å². The standard InChI is InChI=1S/C25H23F3N4O3/c1-14-3-6-20(21-7-4-15(2)31-35-21)23(30-14)24(33)32-12-17-9-16(17)10-19(32)13-34-22-8-5-18(11-29-22)25(26,27)28/h3-6,8,11,16-17,19H,9-10,12-13H2,1-2H3/t16-,17+,19?/m1/s1. The van der Waals surface area contributed by atoms with Crippen LogP contribution in [0.15, 0.2) is 47.4 Å². The molecule has 1 amide bonds. The molecule has 2 fully saturated rings. The smallest absolute Gasteiger partial charge is 0.417 e. The maximum absolute atomic E-state index is 13.7. The van der Waals surface area contributed by atoms with Gasteiger partial charge in [0.05, 0.1) is 22.9 Å². The number of oxime groups is 1. The second-order valence-corrected chi connectivity index (χ2v) is 9.09. The third-order valence-corrected chi connectivity index (χ3v) is 6.44. The van der Waals surface area contributed by atoms with Gasteiger partial charge >= 0.3 is 6.18 Å². The van der Waals surface area contributed by atoms with E-state index in [9.17, 15) is 18.0 Å². The summed E-state index contributed by atoms with van der Waals surface area (Å²) in [4.78, 5) is 29.2. The van der Waals surface area contributed by atoms with Crippen LogP contribution >= 0.6 is 0 Å². The molecule has 0 bridgehead atoms. The quantitative estimate of drug-likeness (QED) is 0.578. The molecule has 2 aromatic rings. The molecule has 1 saturated carbocycles. The van der Waals surface area contributed by atoms with E-state index in [2.05, 4.69) is 20.9 Å². The van der Waals surface area contributed by atoms with E-state index in [1.807, 2.05) is 0 Å². The second-order valence-electron chi connectivity index (χ2n) is 9.09. The highest BCUT2D eigenvalue weighted by molar-refractivity contribution is 5.98. The largest absolute Gasteiger partial charge is 0.475 e. The number of amides is 1. The van der Waals surface area contributed by atoms with Crippen LogP contribution < -0.4 is 4.74 Å². The third-order valence-electron chi connectivity index (χ3n) is 6.44. The first-order valence-corrected chi connectivity index (χ1v) is 11.3. The molecular formula is C25H23F3N4O3. The minimum atomic E-state index is -4.46. The van der Waals surface area contributed by atoms with Gasteiger partial charge in [-0.1, -0.05) is 10.9 Å². The first-order valence-electron chi connectivity index (χ1n) is 11.3. The average Bonchev–Trinajstić information content (AvgIpc) is 3.60. The average molecular weight is 484 g/mol. The zero-order valence-electron chi connectivity index (χ0n) is 19.2. The Labute approximate surface area is 199 Å². The molecular weight excluding hydrogens is 461 g/mol. The number of hydrogen-bond acceptors (Lipinski definition) is 6. The van der Waals surface area contributed by atoms with Gasteiger partial charge in [0.15, 0.2) is 0 Å². The number of fused-ring (bicyclic) bond motifs is 1. The van der Waals surface area contributed by atoms with Crippen molar-refractivity contribution in [2.45, 2.75) is 38.9 Å². The van der Waals surface area contributed by atoms with Crippen molar-refractivity contribution in [1.29, 1.82) is 0 Å². The number of halogens is 3. The molecule has 0 radical (unpaired) electrons. The van der Waals surface area contributed by atoms with E-state index in [-0.39, 0.29) is 30.1 Å². The molecule has 10 heteroatoms. The monoisotopic (exact) mass is 484 g/mol. The summed E-state index contributed by atoms with van der Waals surface area (Å²) in [6.07, 6.45) is -0.252. The van der Waals surface area contributed by atoms with E-state index in [1.54, 1.807) is 37.0 Å².